The molecule has 0 spiro atoms. The predicted molar refractivity (Wildman–Crippen MR) is 89.1 cm³/mol. The lowest BCUT2D eigenvalue weighted by Crippen LogP contribution is -2.34. The molecule has 1 unspecified atom stereocenters. The van der Waals surface area contributed by atoms with E-state index in [0.29, 0.717) is 0 Å². The number of hydrogen-bond donors (Lipinski definition) is 2. The van der Waals surface area contributed by atoms with E-state index in [1.54, 1.807) is 0 Å². The van der Waals surface area contributed by atoms with E-state index < -0.39 is 34.6 Å². The number of benzene rings is 2. The number of halogens is 4. The Balaban J connectivity index is 1.84. The van der Waals surface area contributed by atoms with Gasteiger partial charge in [-0.3, -0.25) is 9.59 Å². The van der Waals surface area contributed by atoms with Gasteiger partial charge in [0.1, 0.15) is 11.8 Å². The van der Waals surface area contributed by atoms with Crippen molar-refractivity contribution in [3.8, 4) is 5.75 Å². The van der Waals surface area contributed by atoms with E-state index in [9.17, 15) is 27.9 Å². The number of nitrogens with one attached hydrogen (secondary N) is 1. The summed E-state index contributed by atoms with van der Waals surface area (Å²) in [6.07, 6.45) is -4.86. The molecule has 1 saturated heterocycles. The van der Waals surface area contributed by atoms with Crippen molar-refractivity contribution in [2.45, 2.75) is 18.6 Å². The van der Waals surface area contributed by atoms with Crippen molar-refractivity contribution < 1.29 is 27.9 Å². The summed E-state index contributed by atoms with van der Waals surface area (Å²) in [5.41, 5.74) is -0.826. The average Bonchev–Trinajstić information content (AvgIpc) is 2.82. The zero-order chi connectivity index (χ0) is 19.1. The second-order valence-electron chi connectivity index (χ2n) is 5.68. The monoisotopic (exact) mass is 384 g/mol. The van der Waals surface area contributed by atoms with Crippen molar-refractivity contribution in [1.82, 2.24) is 0 Å². The van der Waals surface area contributed by atoms with Gasteiger partial charge in [0, 0.05) is 11.8 Å². The molecule has 1 heterocycles. The molecule has 136 valence electrons. The number of phenols is 1. The molecule has 1 aliphatic heterocycles. The summed E-state index contributed by atoms with van der Waals surface area (Å²) in [5.74, 6) is -1.26. The molecule has 2 amide bonds. The maximum Gasteiger partial charge on any atom is 0.417 e. The number of imide groups is 1. The van der Waals surface area contributed by atoms with Crippen LogP contribution in [0, 0.1) is 0 Å². The first-order valence-corrected chi connectivity index (χ1v) is 7.84. The van der Waals surface area contributed by atoms with Gasteiger partial charge in [-0.1, -0.05) is 17.7 Å². The lowest BCUT2D eigenvalue weighted by atomic mass is 10.1. The first-order valence-electron chi connectivity index (χ1n) is 7.46. The highest BCUT2D eigenvalue weighted by molar-refractivity contribution is 6.31. The Hall–Kier alpha value is -2.74. The average molecular weight is 385 g/mol. The number of aromatic hydroxyl groups is 1. The van der Waals surface area contributed by atoms with E-state index in [4.69, 9.17) is 11.6 Å². The van der Waals surface area contributed by atoms with Crippen LogP contribution >= 0.6 is 11.6 Å². The number of hydrogen-bond acceptors (Lipinski definition) is 4. The molecule has 0 aromatic heterocycles. The third-order valence-corrected chi connectivity index (χ3v) is 4.18. The Morgan fingerprint density at radius 1 is 1.15 bits per heavy atom. The lowest BCUT2D eigenvalue weighted by molar-refractivity contribution is -0.137. The Morgan fingerprint density at radius 3 is 2.54 bits per heavy atom. The van der Waals surface area contributed by atoms with Gasteiger partial charge in [-0.25, -0.2) is 4.90 Å². The summed E-state index contributed by atoms with van der Waals surface area (Å²) in [4.78, 5) is 25.5. The van der Waals surface area contributed by atoms with E-state index in [0.717, 1.165) is 17.0 Å². The van der Waals surface area contributed by atoms with E-state index >= 15 is 0 Å². The van der Waals surface area contributed by atoms with Gasteiger partial charge in [-0.05, 0) is 30.3 Å². The minimum absolute atomic E-state index is 0.0191. The maximum absolute atomic E-state index is 12.9. The summed E-state index contributed by atoms with van der Waals surface area (Å²) < 4.78 is 38.8. The van der Waals surface area contributed by atoms with Crippen molar-refractivity contribution in [2.75, 3.05) is 10.2 Å². The zero-order valence-electron chi connectivity index (χ0n) is 13.0. The Labute approximate surface area is 151 Å². The second-order valence-corrected chi connectivity index (χ2v) is 6.09. The molecule has 0 bridgehead atoms. The molecule has 26 heavy (non-hydrogen) atoms. The molecule has 1 fully saturated rings. The fraction of sp³-hybridized carbons (Fsp3) is 0.176. The van der Waals surface area contributed by atoms with Crippen molar-refractivity contribution in [1.29, 1.82) is 0 Å². The highest BCUT2D eigenvalue weighted by atomic mass is 35.5. The quantitative estimate of drug-likeness (QED) is 0.790. The van der Waals surface area contributed by atoms with Crippen LogP contribution in [0.2, 0.25) is 5.02 Å². The van der Waals surface area contributed by atoms with E-state index in [-0.39, 0.29) is 23.5 Å². The van der Waals surface area contributed by atoms with Gasteiger partial charge in [0.2, 0.25) is 5.91 Å². The minimum atomic E-state index is -4.64. The standard InChI is InChI=1S/C17H12ClF3N2O3/c18-13-5-4-9(6-12(13)17(19,20)21)22-14-8-15(25)23(16(14)26)10-2-1-3-11(24)7-10/h1-7,14,22,24H,8H2. The Kier molecular flexibility index (Phi) is 4.53. The third-order valence-electron chi connectivity index (χ3n) is 3.85. The van der Waals surface area contributed by atoms with Crippen LogP contribution in [-0.2, 0) is 15.8 Å². The molecule has 0 saturated carbocycles. The zero-order valence-corrected chi connectivity index (χ0v) is 13.8. The lowest BCUT2D eigenvalue weighted by Gasteiger charge is -2.17. The van der Waals surface area contributed by atoms with Crippen molar-refractivity contribution >= 4 is 34.8 Å². The van der Waals surface area contributed by atoms with Gasteiger partial charge in [-0.2, -0.15) is 13.2 Å². The maximum atomic E-state index is 12.9. The molecule has 0 radical (unpaired) electrons. The first kappa shape index (κ1) is 18.1. The van der Waals surface area contributed by atoms with Gasteiger partial charge < -0.3 is 10.4 Å². The number of carbonyl (C=O) groups is 2. The van der Waals surface area contributed by atoms with Crippen LogP contribution in [0.15, 0.2) is 42.5 Å². The summed E-state index contributed by atoms with van der Waals surface area (Å²) >= 11 is 5.57. The van der Waals surface area contributed by atoms with Gasteiger partial charge >= 0.3 is 6.18 Å². The number of alkyl halides is 3. The molecule has 2 N–H and O–H groups in total. The molecule has 9 heteroatoms. The van der Waals surface area contributed by atoms with E-state index in [1.807, 2.05) is 0 Å². The fourth-order valence-corrected chi connectivity index (χ4v) is 2.91. The highest BCUT2D eigenvalue weighted by Gasteiger charge is 2.40. The SMILES string of the molecule is O=C1CC(Nc2ccc(Cl)c(C(F)(F)F)c2)C(=O)N1c1cccc(O)c1. The minimum Gasteiger partial charge on any atom is -0.508 e. The van der Waals surface area contributed by atoms with Crippen molar-refractivity contribution in [2.24, 2.45) is 0 Å². The molecular formula is C17H12ClF3N2O3. The second kappa shape index (κ2) is 6.53. The van der Waals surface area contributed by atoms with Gasteiger partial charge in [0.25, 0.3) is 5.91 Å². The number of amides is 2. The Morgan fingerprint density at radius 2 is 1.88 bits per heavy atom. The number of nitrogens with zero attached hydrogens (tertiary/aromatic N) is 1. The number of phenolic OH excluding ortho intramolecular Hbond substituents is 1. The molecule has 5 nitrogen and oxygen atoms in total. The largest absolute Gasteiger partial charge is 0.508 e. The van der Waals surface area contributed by atoms with Gasteiger partial charge in [-0.15, -0.1) is 0 Å². The smallest absolute Gasteiger partial charge is 0.417 e. The summed E-state index contributed by atoms with van der Waals surface area (Å²) in [5, 5.41) is 11.7. The molecule has 2 aromatic carbocycles. The van der Waals surface area contributed by atoms with Gasteiger partial charge in [0.15, 0.2) is 0 Å². The van der Waals surface area contributed by atoms with Crippen LogP contribution < -0.4 is 10.2 Å². The van der Waals surface area contributed by atoms with Crippen LogP contribution in [0.25, 0.3) is 0 Å². The van der Waals surface area contributed by atoms with Crippen LogP contribution in [-0.4, -0.2) is 23.0 Å². The number of anilines is 2. The summed E-state index contributed by atoms with van der Waals surface area (Å²) in [6.45, 7) is 0. The highest BCUT2D eigenvalue weighted by Crippen LogP contribution is 2.36. The molecule has 2 aromatic rings. The van der Waals surface area contributed by atoms with Crippen LogP contribution in [0.5, 0.6) is 5.75 Å². The van der Waals surface area contributed by atoms with E-state index in [2.05, 4.69) is 5.32 Å². The fourth-order valence-electron chi connectivity index (χ4n) is 2.68. The normalized spacial score (nSPS) is 17.7. The molecule has 3 rings (SSSR count). The van der Waals surface area contributed by atoms with Crippen molar-refractivity contribution in [3.05, 3.63) is 53.1 Å². The van der Waals surface area contributed by atoms with Crippen LogP contribution in [0.4, 0.5) is 24.5 Å². The first-order chi connectivity index (χ1) is 12.2. The topological polar surface area (TPSA) is 69.6 Å². The third kappa shape index (κ3) is 3.45. The molecule has 0 aliphatic carbocycles. The van der Waals surface area contributed by atoms with E-state index in [1.165, 1.54) is 30.3 Å². The predicted octanol–water partition coefficient (Wildman–Crippen LogP) is 3.81. The molecule has 1 atom stereocenters. The van der Waals surface area contributed by atoms with Gasteiger partial charge in [0.05, 0.1) is 22.7 Å². The van der Waals surface area contributed by atoms with Crippen LogP contribution in [0.3, 0.4) is 0 Å². The van der Waals surface area contributed by atoms with Crippen molar-refractivity contribution in [3.63, 3.8) is 0 Å². The summed E-state index contributed by atoms with van der Waals surface area (Å²) in [7, 11) is 0. The molecular weight excluding hydrogens is 373 g/mol. The van der Waals surface area contributed by atoms with Crippen LogP contribution in [0.1, 0.15) is 12.0 Å². The molecule has 1 aliphatic rings. The Bertz CT molecular complexity index is 886. The summed E-state index contributed by atoms with van der Waals surface area (Å²) in [6, 6.07) is 7.72. The number of carbonyl (C=O) groups excluding carboxylic acids is 2. The number of rotatable bonds is 3.